The molecule has 0 atom stereocenters. The Hall–Kier alpha value is -3.72. The van der Waals surface area contributed by atoms with E-state index in [1.165, 1.54) is 34.8 Å². The van der Waals surface area contributed by atoms with Crippen molar-refractivity contribution >= 4 is 45.7 Å². The molecule has 0 aliphatic heterocycles. The zero-order valence-corrected chi connectivity index (χ0v) is 19.3. The monoisotopic (exact) mass is 479 g/mol. The van der Waals surface area contributed by atoms with Gasteiger partial charge in [-0.2, -0.15) is 0 Å². The Balaban J connectivity index is 1.49. The number of thiazole rings is 1. The molecule has 176 valence electrons. The molecule has 1 heterocycles. The van der Waals surface area contributed by atoms with Crippen LogP contribution < -0.4 is 10.2 Å². The third-order valence-corrected chi connectivity index (χ3v) is 6.73. The Bertz CT molecular complexity index is 1170. The van der Waals surface area contributed by atoms with E-state index in [9.17, 15) is 19.5 Å². The largest absolute Gasteiger partial charge is 0.480 e. The van der Waals surface area contributed by atoms with Gasteiger partial charge in [-0.3, -0.25) is 9.59 Å². The summed E-state index contributed by atoms with van der Waals surface area (Å²) in [4.78, 5) is 41.2. The van der Waals surface area contributed by atoms with E-state index < -0.39 is 11.9 Å². The van der Waals surface area contributed by atoms with Gasteiger partial charge in [0.15, 0.2) is 5.13 Å². The van der Waals surface area contributed by atoms with Crippen molar-refractivity contribution in [3.63, 3.8) is 0 Å². The fourth-order valence-electron chi connectivity index (χ4n) is 4.04. The van der Waals surface area contributed by atoms with Crippen molar-refractivity contribution in [2.24, 2.45) is 5.92 Å². The molecule has 0 spiro atoms. The normalized spacial score (nSPS) is 13.9. The first-order valence-electron chi connectivity index (χ1n) is 11.1. The molecular formula is C25H25N3O5S. The van der Waals surface area contributed by atoms with Gasteiger partial charge in [0, 0.05) is 28.2 Å². The van der Waals surface area contributed by atoms with Crippen molar-refractivity contribution in [3.8, 4) is 11.3 Å². The van der Waals surface area contributed by atoms with Crippen LogP contribution in [0.2, 0.25) is 0 Å². The first-order chi connectivity index (χ1) is 16.4. The zero-order chi connectivity index (χ0) is 24.1. The van der Waals surface area contributed by atoms with Crippen LogP contribution in [0.25, 0.3) is 11.3 Å². The van der Waals surface area contributed by atoms with Gasteiger partial charge in [-0.15, -0.1) is 11.3 Å². The van der Waals surface area contributed by atoms with Gasteiger partial charge in [0.25, 0.3) is 0 Å². The summed E-state index contributed by atoms with van der Waals surface area (Å²) in [6.07, 6.45) is 5.29. The van der Waals surface area contributed by atoms with Gasteiger partial charge >= 0.3 is 11.9 Å². The van der Waals surface area contributed by atoms with Gasteiger partial charge < -0.3 is 20.4 Å². The minimum atomic E-state index is -1.05. The molecule has 4 rings (SSSR count). The summed E-state index contributed by atoms with van der Waals surface area (Å²) in [5.74, 6) is -1.93. The second kappa shape index (κ2) is 10.5. The minimum absolute atomic E-state index is 0.0709. The van der Waals surface area contributed by atoms with E-state index in [1.807, 2.05) is 29.6 Å². The molecule has 2 aromatic carbocycles. The fourth-order valence-corrected chi connectivity index (χ4v) is 4.90. The highest BCUT2D eigenvalue weighted by Crippen LogP contribution is 2.33. The Labute approximate surface area is 200 Å². The number of carboxylic acids is 2. The fraction of sp³-hybridized carbons (Fsp3) is 0.280. The number of aliphatic carboxylic acids is 1. The smallest absolute Gasteiger partial charge is 0.335 e. The van der Waals surface area contributed by atoms with E-state index in [4.69, 9.17) is 5.11 Å². The maximum Gasteiger partial charge on any atom is 0.335 e. The molecule has 1 amide bonds. The van der Waals surface area contributed by atoms with Crippen molar-refractivity contribution in [1.29, 1.82) is 0 Å². The first kappa shape index (κ1) is 23.4. The molecule has 34 heavy (non-hydrogen) atoms. The number of carbonyl (C=O) groups is 3. The van der Waals surface area contributed by atoms with Crippen LogP contribution in [0.1, 0.15) is 42.5 Å². The van der Waals surface area contributed by atoms with Crippen molar-refractivity contribution in [2.75, 3.05) is 16.8 Å². The molecule has 8 nitrogen and oxygen atoms in total. The van der Waals surface area contributed by atoms with Crippen molar-refractivity contribution in [3.05, 3.63) is 59.5 Å². The molecule has 0 bridgehead atoms. The second-order valence-corrected chi connectivity index (χ2v) is 9.09. The van der Waals surface area contributed by atoms with Gasteiger partial charge in [0.05, 0.1) is 11.3 Å². The van der Waals surface area contributed by atoms with Crippen LogP contribution in [0.5, 0.6) is 0 Å². The molecule has 0 unspecified atom stereocenters. The Morgan fingerprint density at radius 1 is 0.971 bits per heavy atom. The van der Waals surface area contributed by atoms with Gasteiger partial charge in [0.2, 0.25) is 5.91 Å². The maximum absolute atomic E-state index is 12.5. The highest BCUT2D eigenvalue weighted by molar-refractivity contribution is 7.14. The lowest BCUT2D eigenvalue weighted by Gasteiger charge is -2.20. The number of carboxylic acid groups (broad SMARTS) is 2. The Morgan fingerprint density at radius 2 is 1.65 bits per heavy atom. The Kier molecular flexibility index (Phi) is 7.22. The summed E-state index contributed by atoms with van der Waals surface area (Å²) < 4.78 is 0. The number of nitrogens with one attached hydrogen (secondary N) is 1. The summed E-state index contributed by atoms with van der Waals surface area (Å²) in [6.45, 7) is -0.314. The number of hydrogen-bond donors (Lipinski definition) is 3. The highest BCUT2D eigenvalue weighted by Gasteiger charge is 2.21. The lowest BCUT2D eigenvalue weighted by atomic mass is 9.88. The third kappa shape index (κ3) is 5.60. The van der Waals surface area contributed by atoms with Crippen molar-refractivity contribution in [2.45, 2.75) is 32.1 Å². The summed E-state index contributed by atoms with van der Waals surface area (Å²) in [5, 5.41) is 23.8. The summed E-state index contributed by atoms with van der Waals surface area (Å²) in [6, 6.07) is 13.4. The minimum Gasteiger partial charge on any atom is -0.480 e. The zero-order valence-electron chi connectivity index (χ0n) is 18.4. The third-order valence-electron chi connectivity index (χ3n) is 5.87. The molecule has 3 aromatic rings. The van der Waals surface area contributed by atoms with E-state index in [0.717, 1.165) is 36.9 Å². The predicted molar refractivity (Wildman–Crippen MR) is 131 cm³/mol. The van der Waals surface area contributed by atoms with Gasteiger partial charge in [-0.25, -0.2) is 9.78 Å². The van der Waals surface area contributed by atoms with Crippen LogP contribution in [-0.2, 0) is 9.59 Å². The summed E-state index contributed by atoms with van der Waals surface area (Å²) in [7, 11) is 0. The highest BCUT2D eigenvalue weighted by atomic mass is 32.1. The number of nitrogens with zero attached hydrogens (tertiary/aromatic N) is 2. The molecule has 0 saturated heterocycles. The molecule has 1 fully saturated rings. The number of aromatic carboxylic acids is 1. The van der Waals surface area contributed by atoms with Gasteiger partial charge in [-0.05, 0) is 49.2 Å². The van der Waals surface area contributed by atoms with Crippen LogP contribution in [0.15, 0.2) is 53.9 Å². The molecule has 1 aliphatic carbocycles. The van der Waals surface area contributed by atoms with Gasteiger partial charge in [-0.1, -0.05) is 31.4 Å². The number of carbonyl (C=O) groups excluding carboxylic acids is 1. The predicted octanol–water partition coefficient (Wildman–Crippen LogP) is 5.25. The quantitative estimate of drug-likeness (QED) is 0.404. The van der Waals surface area contributed by atoms with E-state index in [1.54, 1.807) is 12.1 Å². The summed E-state index contributed by atoms with van der Waals surface area (Å²) in [5.41, 5.74) is 2.92. The molecule has 1 aromatic heterocycles. The van der Waals surface area contributed by atoms with Crippen LogP contribution in [0, 0.1) is 5.92 Å². The van der Waals surface area contributed by atoms with Crippen molar-refractivity contribution < 1.29 is 24.6 Å². The lowest BCUT2D eigenvalue weighted by molar-refractivity contribution is -0.135. The lowest BCUT2D eigenvalue weighted by Crippen LogP contribution is -2.24. The average Bonchev–Trinajstić information content (AvgIpc) is 3.33. The van der Waals surface area contributed by atoms with Gasteiger partial charge in [0.1, 0.15) is 6.54 Å². The standard InChI is InChI=1S/C25H25N3O5S/c29-22(30)14-28(20-12-8-18(9-13-20)24(32)33)25-27-21(15-34-25)16-6-10-19(11-7-16)26-23(31)17-4-2-1-3-5-17/h6-13,15,17H,1-5,14H2,(H,26,31)(H,29,30)(H,32,33). The molecule has 1 saturated carbocycles. The summed E-state index contributed by atoms with van der Waals surface area (Å²) >= 11 is 1.30. The van der Waals surface area contributed by atoms with E-state index in [0.29, 0.717) is 16.5 Å². The van der Waals surface area contributed by atoms with Crippen LogP contribution in [0.4, 0.5) is 16.5 Å². The van der Waals surface area contributed by atoms with E-state index in [-0.39, 0.29) is 23.9 Å². The number of benzene rings is 2. The van der Waals surface area contributed by atoms with Crippen LogP contribution >= 0.6 is 11.3 Å². The number of amides is 1. The molecule has 9 heteroatoms. The van der Waals surface area contributed by atoms with Crippen molar-refractivity contribution in [1.82, 2.24) is 4.98 Å². The maximum atomic E-state index is 12.5. The van der Waals surface area contributed by atoms with Crippen LogP contribution in [-0.4, -0.2) is 39.6 Å². The molecule has 1 aliphatic rings. The SMILES string of the molecule is O=C(O)CN(c1ccc(C(=O)O)cc1)c1nc(-c2ccc(NC(=O)C3CCCCC3)cc2)cs1. The number of aromatic nitrogens is 1. The number of hydrogen-bond acceptors (Lipinski definition) is 6. The number of anilines is 3. The van der Waals surface area contributed by atoms with Crippen LogP contribution in [0.3, 0.4) is 0 Å². The van der Waals surface area contributed by atoms with E-state index in [2.05, 4.69) is 10.3 Å². The number of rotatable bonds is 8. The van der Waals surface area contributed by atoms with E-state index >= 15 is 0 Å². The molecular weight excluding hydrogens is 454 g/mol. The second-order valence-electron chi connectivity index (χ2n) is 8.25. The first-order valence-corrected chi connectivity index (χ1v) is 12.0. The topological polar surface area (TPSA) is 120 Å². The average molecular weight is 480 g/mol. The molecule has 0 radical (unpaired) electrons. The molecule has 3 N–H and O–H groups in total. The Morgan fingerprint density at radius 3 is 2.26 bits per heavy atom.